The molecule has 0 N–H and O–H groups in total. The van der Waals surface area contributed by atoms with Crippen molar-refractivity contribution in [3.8, 4) is 0 Å². The van der Waals surface area contributed by atoms with Crippen LogP contribution in [0.1, 0.15) is 13.8 Å². The van der Waals surface area contributed by atoms with Crippen molar-refractivity contribution in [3.63, 3.8) is 0 Å². The largest absolute Gasteiger partial charge is 0.492 e. The summed E-state index contributed by atoms with van der Waals surface area (Å²) in [4.78, 5) is 11.4. The molecule has 2 atom stereocenters. The van der Waals surface area contributed by atoms with Crippen LogP contribution in [-0.4, -0.2) is 30.4 Å². The number of carbonyl (C=O) groups excluding carboxylic acids is 1. The summed E-state index contributed by atoms with van der Waals surface area (Å²) in [6.45, 7) is 3.97. The highest BCUT2D eigenvalue weighted by Gasteiger charge is 2.42. The molecule has 0 bridgehead atoms. The lowest BCUT2D eigenvalue weighted by Crippen LogP contribution is -2.53. The van der Waals surface area contributed by atoms with Crippen LogP contribution in [0, 0.1) is 0 Å². The van der Waals surface area contributed by atoms with E-state index in [9.17, 15) is 4.79 Å². The first kappa shape index (κ1) is 8.72. The van der Waals surface area contributed by atoms with E-state index in [1.165, 1.54) is 12.3 Å². The minimum Gasteiger partial charge on any atom is -0.492 e. The minimum atomic E-state index is -0.689. The van der Waals surface area contributed by atoms with Crippen LogP contribution < -0.4 is 0 Å². The summed E-state index contributed by atoms with van der Waals surface area (Å²) in [5.41, 5.74) is 0. The summed E-state index contributed by atoms with van der Waals surface area (Å²) in [7, 11) is 0. The smallest absolute Gasteiger partial charge is 0.191 e. The first-order valence-electron chi connectivity index (χ1n) is 4.26. The van der Waals surface area contributed by atoms with Crippen molar-refractivity contribution in [1.29, 1.82) is 0 Å². The van der Waals surface area contributed by atoms with E-state index >= 15 is 0 Å². The number of hydrogen-bond donors (Lipinski definition) is 0. The van der Waals surface area contributed by atoms with Gasteiger partial charge in [-0.3, -0.25) is 4.79 Å². The summed E-state index contributed by atoms with van der Waals surface area (Å²) in [5.74, 6) is -0.738. The van der Waals surface area contributed by atoms with Crippen molar-refractivity contribution in [2.24, 2.45) is 0 Å². The summed E-state index contributed by atoms with van der Waals surface area (Å²) in [5, 5.41) is 0. The fourth-order valence-corrected chi connectivity index (χ4v) is 1.44. The van der Waals surface area contributed by atoms with E-state index in [2.05, 4.69) is 0 Å². The molecule has 0 saturated carbocycles. The highest BCUT2D eigenvalue weighted by Crippen LogP contribution is 2.26. The van der Waals surface area contributed by atoms with E-state index < -0.39 is 11.9 Å². The van der Waals surface area contributed by atoms with Crippen LogP contribution in [0.25, 0.3) is 0 Å². The van der Waals surface area contributed by atoms with Crippen LogP contribution in [-0.2, 0) is 19.0 Å². The number of fused-ring (bicyclic) bond motifs is 1. The van der Waals surface area contributed by atoms with E-state index in [1.54, 1.807) is 13.8 Å². The van der Waals surface area contributed by atoms with Gasteiger partial charge in [0.05, 0.1) is 12.9 Å². The molecular formula is C9H12O4. The van der Waals surface area contributed by atoms with Crippen LogP contribution in [0.5, 0.6) is 0 Å². The molecule has 0 aliphatic carbocycles. The molecular weight excluding hydrogens is 172 g/mol. The van der Waals surface area contributed by atoms with Crippen molar-refractivity contribution in [2.75, 3.05) is 6.61 Å². The Kier molecular flexibility index (Phi) is 1.89. The van der Waals surface area contributed by atoms with Gasteiger partial charge in [-0.2, -0.15) is 0 Å². The summed E-state index contributed by atoms with van der Waals surface area (Å²) in [6.07, 6.45) is 2.00. The van der Waals surface area contributed by atoms with Gasteiger partial charge in [-0.25, -0.2) is 0 Å². The standard InChI is InChI=1S/C9H12O4/c1-9(2)12-5-7-8(13-9)6(10)3-4-11-7/h3-4,7-8H,5H2,1-2H3/t7-,8+/m0/s1. The van der Waals surface area contributed by atoms with E-state index in [-0.39, 0.29) is 11.9 Å². The maximum Gasteiger partial charge on any atom is 0.191 e. The Hall–Kier alpha value is -0.870. The Morgan fingerprint density at radius 2 is 2.31 bits per heavy atom. The third-order valence-electron chi connectivity index (χ3n) is 2.11. The van der Waals surface area contributed by atoms with Gasteiger partial charge in [0.25, 0.3) is 0 Å². The summed E-state index contributed by atoms with van der Waals surface area (Å²) >= 11 is 0. The highest BCUT2D eigenvalue weighted by atomic mass is 16.7. The first-order chi connectivity index (χ1) is 6.08. The molecule has 2 aliphatic rings. The van der Waals surface area contributed by atoms with Crippen LogP contribution in [0.15, 0.2) is 12.3 Å². The first-order valence-corrected chi connectivity index (χ1v) is 4.26. The molecule has 2 rings (SSSR count). The van der Waals surface area contributed by atoms with Crippen molar-refractivity contribution < 1.29 is 19.0 Å². The van der Waals surface area contributed by atoms with Gasteiger partial charge in [-0.05, 0) is 13.8 Å². The van der Waals surface area contributed by atoms with E-state index in [4.69, 9.17) is 14.2 Å². The molecule has 0 spiro atoms. The van der Waals surface area contributed by atoms with Gasteiger partial charge in [-0.15, -0.1) is 0 Å². The molecule has 0 unspecified atom stereocenters. The van der Waals surface area contributed by atoms with Crippen molar-refractivity contribution >= 4 is 5.78 Å². The Morgan fingerprint density at radius 1 is 1.54 bits per heavy atom. The second-order valence-corrected chi connectivity index (χ2v) is 3.63. The Labute approximate surface area is 76.5 Å². The average Bonchev–Trinajstić information content (AvgIpc) is 2.06. The fraction of sp³-hybridized carbons (Fsp3) is 0.667. The van der Waals surface area contributed by atoms with Gasteiger partial charge in [-0.1, -0.05) is 0 Å². The summed E-state index contributed by atoms with van der Waals surface area (Å²) < 4.78 is 16.0. The van der Waals surface area contributed by atoms with Crippen LogP contribution in [0.2, 0.25) is 0 Å². The third-order valence-corrected chi connectivity index (χ3v) is 2.11. The van der Waals surface area contributed by atoms with Crippen LogP contribution in [0.4, 0.5) is 0 Å². The van der Waals surface area contributed by atoms with Gasteiger partial charge in [0.2, 0.25) is 0 Å². The zero-order valence-corrected chi connectivity index (χ0v) is 7.65. The molecule has 2 aliphatic heterocycles. The lowest BCUT2D eigenvalue weighted by molar-refractivity contribution is -0.297. The molecule has 0 aromatic rings. The molecule has 4 heteroatoms. The van der Waals surface area contributed by atoms with Gasteiger partial charge in [0.15, 0.2) is 23.8 Å². The maximum absolute atomic E-state index is 11.4. The fourth-order valence-electron chi connectivity index (χ4n) is 1.44. The lowest BCUT2D eigenvalue weighted by Gasteiger charge is -2.40. The molecule has 2 heterocycles. The number of ether oxygens (including phenoxy) is 3. The van der Waals surface area contributed by atoms with Crippen molar-refractivity contribution in [1.82, 2.24) is 0 Å². The minimum absolute atomic E-state index is 0.0485. The predicted molar refractivity (Wildman–Crippen MR) is 43.9 cm³/mol. The number of carbonyl (C=O) groups is 1. The van der Waals surface area contributed by atoms with Gasteiger partial charge in [0, 0.05) is 6.08 Å². The topological polar surface area (TPSA) is 44.8 Å². The highest BCUT2D eigenvalue weighted by molar-refractivity contribution is 5.94. The van der Waals surface area contributed by atoms with Crippen LogP contribution >= 0.6 is 0 Å². The quantitative estimate of drug-likeness (QED) is 0.553. The molecule has 1 saturated heterocycles. The normalized spacial score (nSPS) is 36.6. The van der Waals surface area contributed by atoms with Crippen molar-refractivity contribution in [2.45, 2.75) is 31.8 Å². The van der Waals surface area contributed by atoms with Crippen LogP contribution in [0.3, 0.4) is 0 Å². The lowest BCUT2D eigenvalue weighted by atomic mass is 10.1. The molecule has 0 aromatic carbocycles. The van der Waals surface area contributed by atoms with Gasteiger partial charge >= 0.3 is 0 Å². The molecule has 72 valence electrons. The van der Waals surface area contributed by atoms with E-state index in [0.29, 0.717) is 6.61 Å². The predicted octanol–water partition coefficient (Wildman–Crippen LogP) is 0.619. The summed E-state index contributed by atoms with van der Waals surface area (Å²) in [6, 6.07) is 0. The van der Waals surface area contributed by atoms with E-state index in [1.807, 2.05) is 0 Å². The average molecular weight is 184 g/mol. The third kappa shape index (κ3) is 1.59. The van der Waals surface area contributed by atoms with Gasteiger partial charge < -0.3 is 14.2 Å². The number of hydrogen-bond acceptors (Lipinski definition) is 4. The van der Waals surface area contributed by atoms with E-state index in [0.717, 1.165) is 0 Å². The number of ketones is 1. The molecule has 13 heavy (non-hydrogen) atoms. The molecule has 4 nitrogen and oxygen atoms in total. The molecule has 0 amide bonds. The second-order valence-electron chi connectivity index (χ2n) is 3.63. The zero-order valence-electron chi connectivity index (χ0n) is 7.65. The maximum atomic E-state index is 11.4. The Morgan fingerprint density at radius 3 is 3.08 bits per heavy atom. The van der Waals surface area contributed by atoms with Crippen molar-refractivity contribution in [3.05, 3.63) is 12.3 Å². The number of rotatable bonds is 0. The Balaban J connectivity index is 2.16. The zero-order chi connectivity index (χ0) is 9.47. The Bertz CT molecular complexity index is 256. The monoisotopic (exact) mass is 184 g/mol. The molecule has 0 aromatic heterocycles. The molecule has 1 fully saturated rings. The molecule has 0 radical (unpaired) electrons. The van der Waals surface area contributed by atoms with Gasteiger partial charge in [0.1, 0.15) is 0 Å². The SMILES string of the molecule is CC1(C)OC[C@@H]2OC=CC(=O)[C@H]2O1. The second kappa shape index (κ2) is 2.82.